The first-order valence-corrected chi connectivity index (χ1v) is 4.29. The average Bonchev–Trinajstić information content (AvgIpc) is 1.85. The molecule has 11 heavy (non-hydrogen) atoms. The number of hydrogen-bond acceptors (Lipinski definition) is 1. The Bertz CT molecular complexity index is 260. The fourth-order valence-electron chi connectivity index (χ4n) is 0.915. The van der Waals surface area contributed by atoms with Gasteiger partial charge < -0.3 is 5.21 Å². The summed E-state index contributed by atoms with van der Waals surface area (Å²) in [6, 6.07) is 3.71. The van der Waals surface area contributed by atoms with E-state index in [1.807, 2.05) is 26.0 Å². The molecule has 0 N–H and O–H groups in total. The molecule has 1 aromatic rings. The topological polar surface area (TPSA) is 26.9 Å². The van der Waals surface area contributed by atoms with Gasteiger partial charge >= 0.3 is 0 Å². The van der Waals surface area contributed by atoms with E-state index in [1.165, 1.54) is 6.20 Å². The molecule has 3 heteroatoms. The minimum Gasteiger partial charge on any atom is -0.618 e. The fraction of sp³-hybridized carbons (Fsp3) is 0.375. The number of hydrogen-bond donors (Lipinski definition) is 0. The Hall–Kier alpha value is -0.570. The maximum absolute atomic E-state index is 11.2. The van der Waals surface area contributed by atoms with Crippen LogP contribution in [0.5, 0.6) is 0 Å². The van der Waals surface area contributed by atoms with Crippen LogP contribution in [-0.2, 0) is 0 Å². The Kier molecular flexibility index (Phi) is 2.49. The Morgan fingerprint density at radius 3 is 2.55 bits per heavy atom. The molecule has 1 heterocycles. The molecule has 0 spiro atoms. The van der Waals surface area contributed by atoms with E-state index in [0.29, 0.717) is 0 Å². The van der Waals surface area contributed by atoms with Crippen LogP contribution in [0.3, 0.4) is 0 Å². The lowest BCUT2D eigenvalue weighted by Crippen LogP contribution is -2.31. The summed E-state index contributed by atoms with van der Waals surface area (Å²) in [5, 5.41) is 11.2. The molecule has 0 aromatic carbocycles. The zero-order valence-corrected chi connectivity index (χ0v) is 8.13. The van der Waals surface area contributed by atoms with Crippen LogP contribution in [0, 0.1) is 5.21 Å². The number of aromatic nitrogens is 1. The van der Waals surface area contributed by atoms with Crippen LogP contribution >= 0.6 is 15.9 Å². The van der Waals surface area contributed by atoms with Crippen LogP contribution in [0.25, 0.3) is 0 Å². The lowest BCUT2D eigenvalue weighted by Gasteiger charge is -2.06. The van der Waals surface area contributed by atoms with Crippen molar-refractivity contribution in [2.24, 2.45) is 0 Å². The molecule has 0 aliphatic heterocycles. The van der Waals surface area contributed by atoms with Gasteiger partial charge in [0, 0.05) is 12.0 Å². The SMILES string of the molecule is CC(C)c1ccc(Br)c[n+]1[O-]. The molecule has 0 bridgehead atoms. The van der Waals surface area contributed by atoms with Crippen molar-refractivity contribution >= 4 is 15.9 Å². The summed E-state index contributed by atoms with van der Waals surface area (Å²) < 4.78 is 1.71. The van der Waals surface area contributed by atoms with E-state index in [1.54, 1.807) is 0 Å². The molecule has 0 fully saturated rings. The van der Waals surface area contributed by atoms with Crippen molar-refractivity contribution < 1.29 is 4.73 Å². The van der Waals surface area contributed by atoms with E-state index in [9.17, 15) is 5.21 Å². The van der Waals surface area contributed by atoms with Crippen molar-refractivity contribution in [2.45, 2.75) is 19.8 Å². The molecule has 0 saturated heterocycles. The number of halogens is 1. The minimum absolute atomic E-state index is 0.278. The fourth-order valence-corrected chi connectivity index (χ4v) is 1.23. The molecule has 0 atom stereocenters. The zero-order valence-electron chi connectivity index (χ0n) is 6.54. The molecule has 2 nitrogen and oxygen atoms in total. The molecule has 60 valence electrons. The van der Waals surface area contributed by atoms with Crippen LogP contribution in [0.15, 0.2) is 22.8 Å². The molecular formula is C8H10BrNO. The van der Waals surface area contributed by atoms with E-state index in [0.717, 1.165) is 14.9 Å². The van der Waals surface area contributed by atoms with E-state index in [4.69, 9.17) is 0 Å². The first-order chi connectivity index (χ1) is 5.11. The summed E-state index contributed by atoms with van der Waals surface area (Å²) in [5.74, 6) is 0.278. The third-order valence-electron chi connectivity index (χ3n) is 1.50. The van der Waals surface area contributed by atoms with Crippen LogP contribution < -0.4 is 4.73 Å². The normalized spacial score (nSPS) is 10.5. The summed E-state index contributed by atoms with van der Waals surface area (Å²) in [5.41, 5.74) is 0.799. The van der Waals surface area contributed by atoms with Crippen molar-refractivity contribution in [3.8, 4) is 0 Å². The Balaban J connectivity index is 3.09. The van der Waals surface area contributed by atoms with Crippen molar-refractivity contribution in [1.82, 2.24) is 0 Å². The van der Waals surface area contributed by atoms with Crippen LogP contribution in [-0.4, -0.2) is 0 Å². The van der Waals surface area contributed by atoms with Gasteiger partial charge in [-0.2, -0.15) is 4.73 Å². The molecule has 0 amide bonds. The second-order valence-corrected chi connectivity index (χ2v) is 3.67. The van der Waals surface area contributed by atoms with E-state index in [2.05, 4.69) is 15.9 Å². The van der Waals surface area contributed by atoms with Gasteiger partial charge in [0.25, 0.3) is 0 Å². The predicted molar refractivity (Wildman–Crippen MR) is 47.2 cm³/mol. The average molecular weight is 216 g/mol. The molecule has 0 saturated carbocycles. The molecule has 0 aliphatic rings. The summed E-state index contributed by atoms with van der Waals surface area (Å²) in [7, 11) is 0. The van der Waals surface area contributed by atoms with Crippen molar-refractivity contribution in [3.05, 3.63) is 33.7 Å². The van der Waals surface area contributed by atoms with Gasteiger partial charge in [-0.05, 0) is 22.0 Å². The number of nitrogens with zero attached hydrogens (tertiary/aromatic N) is 1. The monoisotopic (exact) mass is 215 g/mol. The first-order valence-electron chi connectivity index (χ1n) is 3.50. The number of pyridine rings is 1. The molecular weight excluding hydrogens is 206 g/mol. The molecule has 0 radical (unpaired) electrons. The Labute approximate surface area is 74.6 Å². The minimum atomic E-state index is 0.278. The van der Waals surface area contributed by atoms with Crippen molar-refractivity contribution in [1.29, 1.82) is 0 Å². The molecule has 0 unspecified atom stereocenters. The first kappa shape index (κ1) is 8.53. The predicted octanol–water partition coefficient (Wildman–Crippen LogP) is 2.21. The quantitative estimate of drug-likeness (QED) is 0.522. The summed E-state index contributed by atoms with van der Waals surface area (Å²) in [6.07, 6.45) is 1.52. The smallest absolute Gasteiger partial charge is 0.195 e. The maximum atomic E-state index is 11.2. The molecule has 1 rings (SSSR count). The highest BCUT2D eigenvalue weighted by Gasteiger charge is 2.08. The largest absolute Gasteiger partial charge is 0.618 e. The van der Waals surface area contributed by atoms with Gasteiger partial charge in [-0.25, -0.2) is 0 Å². The van der Waals surface area contributed by atoms with Crippen molar-refractivity contribution in [2.75, 3.05) is 0 Å². The Morgan fingerprint density at radius 1 is 1.45 bits per heavy atom. The van der Waals surface area contributed by atoms with Gasteiger partial charge in [-0.1, -0.05) is 13.8 Å². The summed E-state index contributed by atoms with van der Waals surface area (Å²) in [6.45, 7) is 4.00. The molecule has 0 aliphatic carbocycles. The highest BCUT2D eigenvalue weighted by Crippen LogP contribution is 2.12. The van der Waals surface area contributed by atoms with Crippen LogP contribution in [0.1, 0.15) is 25.5 Å². The lowest BCUT2D eigenvalue weighted by molar-refractivity contribution is -0.615. The van der Waals surface area contributed by atoms with Gasteiger partial charge in [0.15, 0.2) is 11.9 Å². The standard InChI is InChI=1S/C8H10BrNO/c1-6(2)8-4-3-7(9)5-10(8)11/h3-6H,1-2H3. The summed E-state index contributed by atoms with van der Waals surface area (Å²) >= 11 is 3.22. The second kappa shape index (κ2) is 3.22. The zero-order chi connectivity index (χ0) is 8.43. The van der Waals surface area contributed by atoms with E-state index in [-0.39, 0.29) is 5.92 Å². The highest BCUT2D eigenvalue weighted by molar-refractivity contribution is 9.10. The maximum Gasteiger partial charge on any atom is 0.195 e. The van der Waals surface area contributed by atoms with E-state index >= 15 is 0 Å². The van der Waals surface area contributed by atoms with Crippen LogP contribution in [0.2, 0.25) is 0 Å². The van der Waals surface area contributed by atoms with E-state index < -0.39 is 0 Å². The second-order valence-electron chi connectivity index (χ2n) is 2.75. The number of rotatable bonds is 1. The third kappa shape index (κ3) is 1.93. The Morgan fingerprint density at radius 2 is 2.09 bits per heavy atom. The van der Waals surface area contributed by atoms with Gasteiger partial charge in [0.1, 0.15) is 0 Å². The highest BCUT2D eigenvalue weighted by atomic mass is 79.9. The lowest BCUT2D eigenvalue weighted by atomic mass is 10.1. The molecule has 1 aromatic heterocycles. The van der Waals surface area contributed by atoms with Gasteiger partial charge in [0.2, 0.25) is 0 Å². The van der Waals surface area contributed by atoms with Gasteiger partial charge in [0.05, 0.1) is 4.47 Å². The third-order valence-corrected chi connectivity index (χ3v) is 1.97. The van der Waals surface area contributed by atoms with Crippen molar-refractivity contribution in [3.63, 3.8) is 0 Å². The van der Waals surface area contributed by atoms with Gasteiger partial charge in [-0.3, -0.25) is 0 Å². The summed E-state index contributed by atoms with van der Waals surface area (Å²) in [4.78, 5) is 0. The van der Waals surface area contributed by atoms with Crippen LogP contribution in [0.4, 0.5) is 0 Å². The van der Waals surface area contributed by atoms with Gasteiger partial charge in [-0.15, -0.1) is 0 Å².